The molecule has 0 saturated carbocycles. The Hall–Kier alpha value is -3.87. The van der Waals surface area contributed by atoms with Crippen molar-refractivity contribution in [3.63, 3.8) is 0 Å². The number of carbonyl (C=O) groups is 2. The van der Waals surface area contributed by atoms with E-state index in [1.807, 2.05) is 61.5 Å². The predicted octanol–water partition coefficient (Wildman–Crippen LogP) is 5.08. The molecule has 4 aromatic rings. The number of aromatic nitrogens is 2. The van der Waals surface area contributed by atoms with Gasteiger partial charge in [0, 0.05) is 16.5 Å². The Morgan fingerprint density at radius 3 is 2.27 bits per heavy atom. The van der Waals surface area contributed by atoms with Gasteiger partial charge in [-0.1, -0.05) is 53.7 Å². The van der Waals surface area contributed by atoms with Crippen molar-refractivity contribution in [3.05, 3.63) is 65.9 Å². The van der Waals surface area contributed by atoms with Crippen molar-refractivity contribution < 1.29 is 23.6 Å². The lowest BCUT2D eigenvalue weighted by molar-refractivity contribution is -0.161. The van der Waals surface area contributed by atoms with E-state index in [1.165, 1.54) is 0 Å². The van der Waals surface area contributed by atoms with Crippen molar-refractivity contribution >= 4 is 22.8 Å². The summed E-state index contributed by atoms with van der Waals surface area (Å²) in [6.45, 7) is 5.63. The third-order valence-electron chi connectivity index (χ3n) is 5.52. The molecular formula is C26H26N2O5. The monoisotopic (exact) mass is 446 g/mol. The van der Waals surface area contributed by atoms with Gasteiger partial charge < -0.3 is 19.0 Å². The first kappa shape index (κ1) is 22.3. The third-order valence-corrected chi connectivity index (χ3v) is 5.52. The van der Waals surface area contributed by atoms with Crippen LogP contribution in [0.15, 0.2) is 59.1 Å². The molecule has 0 bridgehead atoms. The largest absolute Gasteiger partial charge is 0.465 e. The average molecular weight is 447 g/mol. The lowest BCUT2D eigenvalue weighted by Crippen LogP contribution is -2.30. The van der Waals surface area contributed by atoms with E-state index in [-0.39, 0.29) is 19.6 Å². The Labute approximate surface area is 191 Å². The van der Waals surface area contributed by atoms with E-state index in [2.05, 4.69) is 10.1 Å². The van der Waals surface area contributed by atoms with Crippen LogP contribution in [0.1, 0.15) is 25.2 Å². The molecule has 2 aromatic heterocycles. The minimum absolute atomic E-state index is 0.121. The highest BCUT2D eigenvalue weighted by Crippen LogP contribution is 2.39. The van der Waals surface area contributed by atoms with Gasteiger partial charge in [-0.15, -0.1) is 0 Å². The summed E-state index contributed by atoms with van der Waals surface area (Å²) in [7, 11) is 0. The summed E-state index contributed by atoms with van der Waals surface area (Å²) in [5.41, 5.74) is 4.83. The van der Waals surface area contributed by atoms with Gasteiger partial charge in [-0.3, -0.25) is 9.59 Å². The summed E-state index contributed by atoms with van der Waals surface area (Å²) >= 11 is 0. The quantitative estimate of drug-likeness (QED) is 0.299. The Morgan fingerprint density at radius 2 is 1.61 bits per heavy atom. The van der Waals surface area contributed by atoms with E-state index >= 15 is 0 Å². The smallest absolute Gasteiger partial charge is 0.320 e. The van der Waals surface area contributed by atoms with Crippen molar-refractivity contribution in [1.82, 2.24) is 10.1 Å². The highest BCUT2D eigenvalue weighted by Gasteiger charge is 2.33. The maximum Gasteiger partial charge on any atom is 0.320 e. The van der Waals surface area contributed by atoms with Gasteiger partial charge in [-0.2, -0.15) is 0 Å². The normalized spacial score (nSPS) is 11.2. The van der Waals surface area contributed by atoms with Crippen LogP contribution in [0.4, 0.5) is 0 Å². The van der Waals surface area contributed by atoms with Gasteiger partial charge in [-0.05, 0) is 38.8 Å². The summed E-state index contributed by atoms with van der Waals surface area (Å²) in [5, 5.41) is 5.21. The molecule has 0 spiro atoms. The maximum atomic E-state index is 12.7. The zero-order valence-electron chi connectivity index (χ0n) is 18.9. The fourth-order valence-electron chi connectivity index (χ4n) is 4.04. The lowest BCUT2D eigenvalue weighted by Gasteiger charge is -2.15. The fourth-order valence-corrected chi connectivity index (χ4v) is 4.04. The molecule has 0 saturated heterocycles. The van der Waals surface area contributed by atoms with E-state index in [1.54, 1.807) is 13.8 Å². The van der Waals surface area contributed by atoms with E-state index in [0.29, 0.717) is 11.5 Å². The molecule has 0 atom stereocenters. The van der Waals surface area contributed by atoms with Crippen LogP contribution in [-0.4, -0.2) is 35.3 Å². The minimum atomic E-state index is -1.08. The van der Waals surface area contributed by atoms with Crippen LogP contribution in [0.2, 0.25) is 0 Å². The average Bonchev–Trinajstić information content (AvgIpc) is 3.38. The minimum Gasteiger partial charge on any atom is -0.465 e. The molecular weight excluding hydrogens is 420 g/mol. The lowest BCUT2D eigenvalue weighted by atomic mass is 9.93. The van der Waals surface area contributed by atoms with Gasteiger partial charge >= 0.3 is 11.9 Å². The van der Waals surface area contributed by atoms with Crippen LogP contribution in [0.5, 0.6) is 0 Å². The SMILES string of the molecule is CCOC(=O)C(Cc1c(-c2c(-c3ccccc3)noc2C)[nH]c2ccccc12)C(=O)OCC. The number of benzene rings is 2. The van der Waals surface area contributed by atoms with Gasteiger partial charge in [0.15, 0.2) is 5.92 Å². The summed E-state index contributed by atoms with van der Waals surface area (Å²) < 4.78 is 16.0. The number of nitrogens with one attached hydrogen (secondary N) is 1. The number of carbonyl (C=O) groups excluding carboxylic acids is 2. The number of para-hydroxylation sites is 1. The zero-order chi connectivity index (χ0) is 23.4. The number of H-pyrrole nitrogens is 1. The second-order valence-electron chi connectivity index (χ2n) is 7.61. The highest BCUT2D eigenvalue weighted by molar-refractivity contribution is 5.98. The molecule has 0 fully saturated rings. The number of nitrogens with zero attached hydrogens (tertiary/aromatic N) is 1. The summed E-state index contributed by atoms with van der Waals surface area (Å²) in [6.07, 6.45) is 0.121. The number of esters is 2. The first-order valence-electron chi connectivity index (χ1n) is 11.0. The van der Waals surface area contributed by atoms with Crippen molar-refractivity contribution in [2.75, 3.05) is 13.2 Å². The molecule has 0 amide bonds. The summed E-state index contributed by atoms with van der Waals surface area (Å²) in [6, 6.07) is 17.5. The molecule has 7 heteroatoms. The molecule has 2 heterocycles. The Kier molecular flexibility index (Phi) is 6.58. The van der Waals surface area contributed by atoms with Gasteiger partial charge in [0.1, 0.15) is 11.5 Å². The Morgan fingerprint density at radius 1 is 0.970 bits per heavy atom. The molecule has 4 rings (SSSR count). The number of aryl methyl sites for hydroxylation is 1. The molecule has 0 aliphatic rings. The van der Waals surface area contributed by atoms with E-state index < -0.39 is 17.9 Å². The summed E-state index contributed by atoms with van der Waals surface area (Å²) in [5.74, 6) is -1.65. The standard InChI is InChI=1S/C26H26N2O5/c1-4-31-25(29)20(26(30)32-5-2)15-19-18-13-9-10-14-21(18)27-24(19)22-16(3)33-28-23(22)17-11-7-6-8-12-17/h6-14,20,27H,4-5,15H2,1-3H3. The molecule has 0 unspecified atom stereocenters. The third kappa shape index (κ3) is 4.39. The molecule has 7 nitrogen and oxygen atoms in total. The van der Waals surface area contributed by atoms with Crippen LogP contribution in [-0.2, 0) is 25.5 Å². The number of fused-ring (bicyclic) bond motifs is 1. The van der Waals surface area contributed by atoms with Crippen LogP contribution in [0.3, 0.4) is 0 Å². The molecule has 0 aliphatic heterocycles. The van der Waals surface area contributed by atoms with Crippen LogP contribution in [0.25, 0.3) is 33.4 Å². The Balaban J connectivity index is 1.88. The maximum absolute atomic E-state index is 12.7. The topological polar surface area (TPSA) is 94.4 Å². The van der Waals surface area contributed by atoms with Crippen molar-refractivity contribution in [2.45, 2.75) is 27.2 Å². The van der Waals surface area contributed by atoms with E-state index in [9.17, 15) is 9.59 Å². The van der Waals surface area contributed by atoms with Crippen molar-refractivity contribution in [3.8, 4) is 22.5 Å². The highest BCUT2D eigenvalue weighted by atomic mass is 16.6. The van der Waals surface area contributed by atoms with Gasteiger partial charge in [0.05, 0.1) is 24.5 Å². The van der Waals surface area contributed by atoms with E-state index in [0.717, 1.165) is 33.3 Å². The van der Waals surface area contributed by atoms with E-state index in [4.69, 9.17) is 14.0 Å². The molecule has 2 aromatic carbocycles. The molecule has 0 radical (unpaired) electrons. The van der Waals surface area contributed by atoms with Gasteiger partial charge in [-0.25, -0.2) is 0 Å². The number of ether oxygens (including phenoxy) is 2. The molecule has 1 N–H and O–H groups in total. The first-order chi connectivity index (χ1) is 16.0. The molecule has 33 heavy (non-hydrogen) atoms. The predicted molar refractivity (Wildman–Crippen MR) is 124 cm³/mol. The number of aromatic amines is 1. The van der Waals surface area contributed by atoms with Crippen LogP contribution in [0, 0.1) is 12.8 Å². The van der Waals surface area contributed by atoms with Crippen molar-refractivity contribution in [2.24, 2.45) is 5.92 Å². The number of hydrogen-bond acceptors (Lipinski definition) is 6. The summed E-state index contributed by atoms with van der Waals surface area (Å²) in [4.78, 5) is 28.9. The van der Waals surface area contributed by atoms with Crippen LogP contribution >= 0.6 is 0 Å². The van der Waals surface area contributed by atoms with Crippen molar-refractivity contribution in [1.29, 1.82) is 0 Å². The Bertz CT molecular complexity index is 1250. The second kappa shape index (κ2) is 9.73. The molecule has 0 aliphatic carbocycles. The first-order valence-corrected chi connectivity index (χ1v) is 11.0. The number of hydrogen-bond donors (Lipinski definition) is 1. The fraction of sp³-hybridized carbons (Fsp3) is 0.269. The number of rotatable bonds is 8. The van der Waals surface area contributed by atoms with Gasteiger partial charge in [0.25, 0.3) is 0 Å². The zero-order valence-corrected chi connectivity index (χ0v) is 18.9. The van der Waals surface area contributed by atoms with Crippen LogP contribution < -0.4 is 0 Å². The second-order valence-corrected chi connectivity index (χ2v) is 7.61. The molecule has 170 valence electrons. The van der Waals surface area contributed by atoms with Gasteiger partial charge in [0.2, 0.25) is 0 Å².